The number of nitrogens with zero attached hydrogens (tertiary/aromatic N) is 1. The standard InChI is InChI=1S/C18H25BrN2O3/c1-12(2)8-15(21-17(22)24-18(3,4)5)11-23-16-7-6-14(19)9-13(16)10-20/h6-7,9,12,15H,8,11H2,1-5H3,(H,21,22)/t15-/m0/s1. The number of carbonyl (C=O) groups is 1. The van der Waals surface area contributed by atoms with E-state index in [-0.39, 0.29) is 12.6 Å². The molecule has 0 heterocycles. The van der Waals surface area contributed by atoms with E-state index in [1.807, 2.05) is 26.8 Å². The molecule has 1 rings (SSSR count). The Hall–Kier alpha value is -1.74. The molecule has 24 heavy (non-hydrogen) atoms. The Morgan fingerprint density at radius 3 is 2.58 bits per heavy atom. The number of ether oxygens (including phenoxy) is 2. The monoisotopic (exact) mass is 396 g/mol. The molecule has 132 valence electrons. The summed E-state index contributed by atoms with van der Waals surface area (Å²) < 4.78 is 11.9. The van der Waals surface area contributed by atoms with E-state index in [4.69, 9.17) is 9.47 Å². The van der Waals surface area contributed by atoms with E-state index in [9.17, 15) is 10.1 Å². The normalized spacial score (nSPS) is 12.4. The third-order valence-electron chi connectivity index (χ3n) is 2.98. The van der Waals surface area contributed by atoms with Crippen molar-refractivity contribution in [1.82, 2.24) is 5.32 Å². The first kappa shape index (κ1) is 20.3. The number of hydrogen-bond donors (Lipinski definition) is 1. The molecule has 0 spiro atoms. The number of nitrogens with one attached hydrogen (secondary N) is 1. The molecule has 0 aliphatic heterocycles. The highest BCUT2D eigenvalue weighted by Gasteiger charge is 2.21. The van der Waals surface area contributed by atoms with Gasteiger partial charge >= 0.3 is 6.09 Å². The van der Waals surface area contributed by atoms with Crippen LogP contribution in [-0.2, 0) is 4.74 Å². The lowest BCUT2D eigenvalue weighted by molar-refractivity contribution is 0.0480. The van der Waals surface area contributed by atoms with Crippen LogP contribution in [0.4, 0.5) is 4.79 Å². The van der Waals surface area contributed by atoms with Crippen molar-refractivity contribution in [3.05, 3.63) is 28.2 Å². The molecule has 0 aliphatic carbocycles. The Balaban J connectivity index is 2.73. The van der Waals surface area contributed by atoms with E-state index in [1.54, 1.807) is 12.1 Å². The first-order valence-corrected chi connectivity index (χ1v) is 8.72. The summed E-state index contributed by atoms with van der Waals surface area (Å²) in [6, 6.07) is 7.16. The zero-order valence-electron chi connectivity index (χ0n) is 14.9. The molecule has 0 saturated carbocycles. The predicted molar refractivity (Wildman–Crippen MR) is 97.0 cm³/mol. The number of halogens is 1. The summed E-state index contributed by atoms with van der Waals surface area (Å²) >= 11 is 3.33. The first-order chi connectivity index (χ1) is 11.1. The molecule has 1 atom stereocenters. The molecule has 0 fully saturated rings. The fourth-order valence-corrected chi connectivity index (χ4v) is 2.48. The van der Waals surface area contributed by atoms with Crippen LogP contribution in [0.25, 0.3) is 0 Å². The average Bonchev–Trinajstić information content (AvgIpc) is 2.42. The van der Waals surface area contributed by atoms with Crippen LogP contribution in [0, 0.1) is 17.2 Å². The molecule has 5 nitrogen and oxygen atoms in total. The predicted octanol–water partition coefficient (Wildman–Crippen LogP) is 4.64. The number of carbonyl (C=O) groups excluding carboxylic acids is 1. The van der Waals surface area contributed by atoms with Crippen LogP contribution in [0.15, 0.2) is 22.7 Å². The van der Waals surface area contributed by atoms with E-state index in [0.717, 1.165) is 10.9 Å². The van der Waals surface area contributed by atoms with Crippen molar-refractivity contribution in [1.29, 1.82) is 5.26 Å². The van der Waals surface area contributed by atoms with Gasteiger partial charge in [0.2, 0.25) is 0 Å². The second-order valence-corrected chi connectivity index (χ2v) is 7.95. The van der Waals surface area contributed by atoms with E-state index in [2.05, 4.69) is 41.2 Å². The molecule has 1 aromatic carbocycles. The minimum Gasteiger partial charge on any atom is -0.490 e. The number of hydrogen-bond acceptors (Lipinski definition) is 4. The zero-order chi connectivity index (χ0) is 18.3. The minimum atomic E-state index is -0.549. The number of nitriles is 1. The summed E-state index contributed by atoms with van der Waals surface area (Å²) in [5.74, 6) is 0.884. The number of rotatable bonds is 6. The average molecular weight is 397 g/mol. The van der Waals surface area contributed by atoms with Gasteiger partial charge in [0.05, 0.1) is 11.6 Å². The smallest absolute Gasteiger partial charge is 0.407 e. The molecule has 1 N–H and O–H groups in total. The minimum absolute atomic E-state index is 0.199. The van der Waals surface area contributed by atoms with E-state index >= 15 is 0 Å². The van der Waals surface area contributed by atoms with Gasteiger partial charge in [-0.15, -0.1) is 0 Å². The summed E-state index contributed by atoms with van der Waals surface area (Å²) in [4.78, 5) is 12.0. The Morgan fingerprint density at radius 2 is 2.04 bits per heavy atom. The fraction of sp³-hybridized carbons (Fsp3) is 0.556. The van der Waals surface area contributed by atoms with Gasteiger partial charge in [0.25, 0.3) is 0 Å². The SMILES string of the molecule is CC(C)C[C@@H](COc1ccc(Br)cc1C#N)NC(=O)OC(C)(C)C. The lowest BCUT2D eigenvalue weighted by Gasteiger charge is -2.25. The topological polar surface area (TPSA) is 71.3 Å². The summed E-state index contributed by atoms with van der Waals surface area (Å²) in [5.41, 5.74) is -0.0996. The van der Waals surface area contributed by atoms with Crippen molar-refractivity contribution >= 4 is 22.0 Å². The van der Waals surface area contributed by atoms with Gasteiger partial charge < -0.3 is 14.8 Å². The van der Waals surface area contributed by atoms with Crippen molar-refractivity contribution in [3.8, 4) is 11.8 Å². The van der Waals surface area contributed by atoms with Gasteiger partial charge in [0.1, 0.15) is 24.0 Å². The molecule has 1 amide bonds. The molecular formula is C18H25BrN2O3. The van der Waals surface area contributed by atoms with E-state index in [1.165, 1.54) is 0 Å². The van der Waals surface area contributed by atoms with Crippen molar-refractivity contribution in [3.63, 3.8) is 0 Å². The number of amides is 1. The van der Waals surface area contributed by atoms with Crippen LogP contribution in [0.1, 0.15) is 46.6 Å². The Bertz CT molecular complexity index is 603. The zero-order valence-corrected chi connectivity index (χ0v) is 16.4. The first-order valence-electron chi connectivity index (χ1n) is 7.92. The van der Waals surface area contributed by atoms with Crippen molar-refractivity contribution < 1.29 is 14.3 Å². The Morgan fingerprint density at radius 1 is 1.38 bits per heavy atom. The van der Waals surface area contributed by atoms with Crippen LogP contribution in [0.3, 0.4) is 0 Å². The molecule has 1 aromatic rings. The Kier molecular flexibility index (Phi) is 7.56. The van der Waals surface area contributed by atoms with E-state index < -0.39 is 11.7 Å². The fourth-order valence-electron chi connectivity index (χ4n) is 2.12. The van der Waals surface area contributed by atoms with Crippen molar-refractivity contribution in [2.45, 2.75) is 52.7 Å². The summed E-state index contributed by atoms with van der Waals surface area (Å²) in [5, 5.41) is 12.0. The van der Waals surface area contributed by atoms with Crippen LogP contribution in [0.5, 0.6) is 5.75 Å². The van der Waals surface area contributed by atoms with Gasteiger partial charge in [-0.2, -0.15) is 5.26 Å². The lowest BCUT2D eigenvalue weighted by Crippen LogP contribution is -2.42. The molecule has 0 aromatic heterocycles. The molecule has 0 radical (unpaired) electrons. The molecule has 0 aliphatic rings. The summed E-state index contributed by atoms with van der Waals surface area (Å²) in [6.45, 7) is 9.88. The highest BCUT2D eigenvalue weighted by molar-refractivity contribution is 9.10. The molecular weight excluding hydrogens is 372 g/mol. The largest absolute Gasteiger partial charge is 0.490 e. The van der Waals surface area contributed by atoms with Crippen molar-refractivity contribution in [2.24, 2.45) is 5.92 Å². The van der Waals surface area contributed by atoms with Gasteiger partial charge in [-0.25, -0.2) is 4.79 Å². The molecule has 0 saturated heterocycles. The summed E-state index contributed by atoms with van der Waals surface area (Å²) in [6.07, 6.45) is 0.283. The van der Waals surface area contributed by atoms with Crippen LogP contribution in [0.2, 0.25) is 0 Å². The maximum absolute atomic E-state index is 12.0. The van der Waals surface area contributed by atoms with Crippen molar-refractivity contribution in [2.75, 3.05) is 6.61 Å². The second kappa shape index (κ2) is 8.93. The number of alkyl carbamates (subject to hydrolysis) is 1. The van der Waals surface area contributed by atoms with E-state index in [0.29, 0.717) is 17.2 Å². The third-order valence-corrected chi connectivity index (χ3v) is 3.47. The molecule has 0 bridgehead atoms. The van der Waals surface area contributed by atoms with Gasteiger partial charge in [-0.05, 0) is 51.3 Å². The Labute approximate surface area is 152 Å². The van der Waals surface area contributed by atoms with Gasteiger partial charge in [0, 0.05) is 4.47 Å². The second-order valence-electron chi connectivity index (χ2n) is 7.04. The lowest BCUT2D eigenvalue weighted by atomic mass is 10.0. The highest BCUT2D eigenvalue weighted by Crippen LogP contribution is 2.23. The number of benzene rings is 1. The van der Waals surface area contributed by atoms with Gasteiger partial charge in [-0.1, -0.05) is 29.8 Å². The van der Waals surface area contributed by atoms with Gasteiger partial charge in [0.15, 0.2) is 0 Å². The van der Waals surface area contributed by atoms with Crippen LogP contribution >= 0.6 is 15.9 Å². The molecule has 0 unspecified atom stereocenters. The van der Waals surface area contributed by atoms with Crippen LogP contribution in [-0.4, -0.2) is 24.3 Å². The maximum Gasteiger partial charge on any atom is 0.407 e. The molecule has 6 heteroatoms. The highest BCUT2D eigenvalue weighted by atomic mass is 79.9. The third kappa shape index (κ3) is 7.69. The van der Waals surface area contributed by atoms with Crippen LogP contribution < -0.4 is 10.1 Å². The quantitative estimate of drug-likeness (QED) is 0.759. The maximum atomic E-state index is 12.0. The van der Waals surface area contributed by atoms with Gasteiger partial charge in [-0.3, -0.25) is 0 Å². The summed E-state index contributed by atoms with van der Waals surface area (Å²) in [7, 11) is 0.